The van der Waals surface area contributed by atoms with E-state index < -0.39 is 0 Å². The number of rotatable bonds is 3. The fraction of sp³-hybridized carbons (Fsp3) is 0.231. The summed E-state index contributed by atoms with van der Waals surface area (Å²) < 4.78 is 6.98. The highest BCUT2D eigenvalue weighted by Crippen LogP contribution is 2.25. The Balaban J connectivity index is 2.10. The van der Waals surface area contributed by atoms with E-state index in [1.54, 1.807) is 11.3 Å². The van der Waals surface area contributed by atoms with Crippen LogP contribution in [-0.2, 0) is 6.61 Å². The second kappa shape index (κ2) is 5.02. The molecule has 0 bridgehead atoms. The number of benzene rings is 1. The molecule has 0 saturated heterocycles. The first-order valence-electron chi connectivity index (χ1n) is 5.09. The van der Waals surface area contributed by atoms with Crippen LogP contribution in [-0.4, -0.2) is 0 Å². The molecule has 1 nitrogen and oxygen atoms in total. The lowest BCUT2D eigenvalue weighted by molar-refractivity contribution is 0.305. The summed E-state index contributed by atoms with van der Waals surface area (Å²) in [6.45, 7) is 4.79. The first-order valence-corrected chi connectivity index (χ1v) is 6.76. The summed E-state index contributed by atoms with van der Waals surface area (Å²) in [5.74, 6) is 1.01. The topological polar surface area (TPSA) is 9.23 Å². The lowest BCUT2D eigenvalue weighted by Crippen LogP contribution is -1.96. The molecule has 1 aromatic carbocycles. The van der Waals surface area contributed by atoms with Gasteiger partial charge in [-0.15, -0.1) is 11.3 Å². The average Bonchev–Trinajstić information content (AvgIpc) is 2.63. The molecule has 0 radical (unpaired) electrons. The standard InChI is InChI=1S/C13H13BrOS/c1-9-4-3-5-10(2)13(9)15-7-12-6-11(14)8-16-12/h3-6,8H,7H2,1-2H3. The highest BCUT2D eigenvalue weighted by molar-refractivity contribution is 9.10. The van der Waals surface area contributed by atoms with Gasteiger partial charge in [-0.05, 0) is 47.0 Å². The SMILES string of the molecule is Cc1cccc(C)c1OCc1cc(Br)cs1. The molecule has 0 saturated carbocycles. The minimum absolute atomic E-state index is 0.641. The largest absolute Gasteiger partial charge is 0.488 e. The molecule has 2 rings (SSSR count). The lowest BCUT2D eigenvalue weighted by Gasteiger charge is -2.10. The van der Waals surface area contributed by atoms with Crippen LogP contribution in [0.1, 0.15) is 16.0 Å². The van der Waals surface area contributed by atoms with Crippen LogP contribution in [0.15, 0.2) is 34.1 Å². The predicted octanol–water partition coefficient (Wildman–Crippen LogP) is 4.71. The molecule has 16 heavy (non-hydrogen) atoms. The predicted molar refractivity (Wildman–Crippen MR) is 72.3 cm³/mol. The highest BCUT2D eigenvalue weighted by atomic mass is 79.9. The van der Waals surface area contributed by atoms with Crippen LogP contribution in [0.2, 0.25) is 0 Å². The van der Waals surface area contributed by atoms with Crippen molar-refractivity contribution in [2.75, 3.05) is 0 Å². The summed E-state index contributed by atoms with van der Waals surface area (Å²) in [7, 11) is 0. The molecule has 1 aromatic heterocycles. The molecular weight excluding hydrogens is 284 g/mol. The quantitative estimate of drug-likeness (QED) is 0.797. The third-order valence-electron chi connectivity index (χ3n) is 2.39. The zero-order valence-corrected chi connectivity index (χ0v) is 11.7. The second-order valence-electron chi connectivity index (χ2n) is 3.74. The smallest absolute Gasteiger partial charge is 0.125 e. The van der Waals surface area contributed by atoms with Crippen LogP contribution in [0.3, 0.4) is 0 Å². The van der Waals surface area contributed by atoms with Gasteiger partial charge in [0, 0.05) is 14.7 Å². The van der Waals surface area contributed by atoms with Gasteiger partial charge in [0.25, 0.3) is 0 Å². The number of aryl methyl sites for hydroxylation is 2. The minimum Gasteiger partial charge on any atom is -0.488 e. The van der Waals surface area contributed by atoms with Gasteiger partial charge in [0.2, 0.25) is 0 Å². The maximum absolute atomic E-state index is 5.86. The van der Waals surface area contributed by atoms with E-state index in [4.69, 9.17) is 4.74 Å². The zero-order chi connectivity index (χ0) is 11.5. The maximum Gasteiger partial charge on any atom is 0.125 e. The van der Waals surface area contributed by atoms with Crippen molar-refractivity contribution in [3.63, 3.8) is 0 Å². The normalized spacial score (nSPS) is 10.4. The summed E-state index contributed by atoms with van der Waals surface area (Å²) in [5, 5.41) is 2.07. The van der Waals surface area contributed by atoms with Gasteiger partial charge in [-0.3, -0.25) is 0 Å². The second-order valence-corrected chi connectivity index (χ2v) is 5.65. The number of para-hydroxylation sites is 1. The van der Waals surface area contributed by atoms with Crippen molar-refractivity contribution in [3.8, 4) is 5.75 Å². The molecule has 84 valence electrons. The third-order valence-corrected chi connectivity index (χ3v) is 4.06. The summed E-state index contributed by atoms with van der Waals surface area (Å²) in [4.78, 5) is 1.23. The molecule has 0 aliphatic rings. The Kier molecular flexibility index (Phi) is 3.66. The first-order chi connectivity index (χ1) is 7.66. The fourth-order valence-electron chi connectivity index (χ4n) is 1.60. The molecule has 0 aliphatic heterocycles. The Morgan fingerprint density at radius 2 is 1.94 bits per heavy atom. The molecular formula is C13H13BrOS. The number of ether oxygens (including phenoxy) is 1. The van der Waals surface area contributed by atoms with Crippen molar-refractivity contribution in [3.05, 3.63) is 50.1 Å². The maximum atomic E-state index is 5.86. The molecule has 0 spiro atoms. The number of hydrogen-bond donors (Lipinski definition) is 0. The molecule has 2 aromatic rings. The van der Waals surface area contributed by atoms with Gasteiger partial charge >= 0.3 is 0 Å². The van der Waals surface area contributed by atoms with Crippen LogP contribution in [0.4, 0.5) is 0 Å². The van der Waals surface area contributed by atoms with E-state index >= 15 is 0 Å². The molecule has 0 amide bonds. The van der Waals surface area contributed by atoms with Crippen molar-refractivity contribution in [1.82, 2.24) is 0 Å². The van der Waals surface area contributed by atoms with Gasteiger partial charge in [-0.2, -0.15) is 0 Å². The van der Waals surface area contributed by atoms with E-state index in [0.29, 0.717) is 6.61 Å². The van der Waals surface area contributed by atoms with Crippen molar-refractivity contribution >= 4 is 27.3 Å². The van der Waals surface area contributed by atoms with Crippen LogP contribution in [0, 0.1) is 13.8 Å². The van der Waals surface area contributed by atoms with Crippen LogP contribution >= 0.6 is 27.3 Å². The molecule has 0 atom stereocenters. The monoisotopic (exact) mass is 296 g/mol. The van der Waals surface area contributed by atoms with Crippen molar-refractivity contribution in [1.29, 1.82) is 0 Å². The van der Waals surface area contributed by atoms with Gasteiger partial charge in [0.05, 0.1) is 0 Å². The van der Waals surface area contributed by atoms with Crippen LogP contribution in [0.25, 0.3) is 0 Å². The lowest BCUT2D eigenvalue weighted by atomic mass is 10.1. The summed E-state index contributed by atoms with van der Waals surface area (Å²) >= 11 is 5.15. The third kappa shape index (κ3) is 2.66. The number of thiophene rings is 1. The molecule has 0 unspecified atom stereocenters. The van der Waals surface area contributed by atoms with Crippen LogP contribution in [0.5, 0.6) is 5.75 Å². The highest BCUT2D eigenvalue weighted by Gasteiger charge is 2.04. The van der Waals surface area contributed by atoms with E-state index in [0.717, 1.165) is 10.2 Å². The average molecular weight is 297 g/mol. The van der Waals surface area contributed by atoms with Crippen LogP contribution < -0.4 is 4.74 Å². The van der Waals surface area contributed by atoms with Crippen molar-refractivity contribution in [2.45, 2.75) is 20.5 Å². The fourth-order valence-corrected chi connectivity index (χ4v) is 2.96. The molecule has 1 heterocycles. The molecule has 3 heteroatoms. The molecule has 0 fully saturated rings. The van der Waals surface area contributed by atoms with E-state index in [1.807, 2.05) is 0 Å². The van der Waals surface area contributed by atoms with Crippen molar-refractivity contribution < 1.29 is 4.74 Å². The van der Waals surface area contributed by atoms with Gasteiger partial charge < -0.3 is 4.74 Å². The Labute approximate surface area is 108 Å². The zero-order valence-electron chi connectivity index (χ0n) is 9.29. The van der Waals surface area contributed by atoms with Gasteiger partial charge in [0.15, 0.2) is 0 Å². The Morgan fingerprint density at radius 3 is 2.50 bits per heavy atom. The van der Waals surface area contributed by atoms with E-state index in [9.17, 15) is 0 Å². The summed E-state index contributed by atoms with van der Waals surface area (Å²) in [6, 6.07) is 8.30. The summed E-state index contributed by atoms with van der Waals surface area (Å²) in [5.41, 5.74) is 2.38. The van der Waals surface area contributed by atoms with Gasteiger partial charge in [-0.25, -0.2) is 0 Å². The first kappa shape index (κ1) is 11.7. The molecule has 0 N–H and O–H groups in total. The van der Waals surface area contributed by atoms with Gasteiger partial charge in [-0.1, -0.05) is 18.2 Å². The van der Waals surface area contributed by atoms with E-state index in [-0.39, 0.29) is 0 Å². The number of hydrogen-bond acceptors (Lipinski definition) is 2. The van der Waals surface area contributed by atoms with Gasteiger partial charge in [0.1, 0.15) is 12.4 Å². The van der Waals surface area contributed by atoms with Crippen molar-refractivity contribution in [2.24, 2.45) is 0 Å². The Hall–Kier alpha value is -0.800. The Bertz CT molecular complexity index is 470. The minimum atomic E-state index is 0.641. The van der Waals surface area contributed by atoms with E-state index in [1.165, 1.54) is 16.0 Å². The summed E-state index contributed by atoms with van der Waals surface area (Å²) in [6.07, 6.45) is 0. The number of halogens is 1. The Morgan fingerprint density at radius 1 is 1.25 bits per heavy atom. The molecule has 0 aliphatic carbocycles. The van der Waals surface area contributed by atoms with E-state index in [2.05, 4.69) is 59.4 Å².